The van der Waals surface area contributed by atoms with Crippen LogP contribution in [0.4, 0.5) is 5.69 Å². The molecule has 0 fully saturated rings. The maximum absolute atomic E-state index is 10.8. The van der Waals surface area contributed by atoms with Crippen molar-refractivity contribution in [2.75, 3.05) is 24.4 Å². The Kier molecular flexibility index (Phi) is 3.96. The second kappa shape index (κ2) is 5.02. The first kappa shape index (κ1) is 10.3. The van der Waals surface area contributed by atoms with Crippen LogP contribution >= 0.6 is 0 Å². The van der Waals surface area contributed by atoms with E-state index in [-0.39, 0.29) is 0 Å². The van der Waals surface area contributed by atoms with Gasteiger partial charge >= 0.3 is 0 Å². The highest BCUT2D eigenvalue weighted by Gasteiger charge is 1.95. The predicted octanol–water partition coefficient (Wildman–Crippen LogP) is 1.65. The summed E-state index contributed by atoms with van der Waals surface area (Å²) in [6, 6.07) is 8.21. The molecule has 1 aromatic rings. The molecule has 0 saturated carbocycles. The summed E-state index contributed by atoms with van der Waals surface area (Å²) in [5.74, 6) is 0.749. The second-order valence-corrected chi connectivity index (χ2v) is 4.53. The lowest BCUT2D eigenvalue weighted by atomic mass is 10.1. The van der Waals surface area contributed by atoms with Crippen LogP contribution in [0, 0.1) is 0 Å². The lowest BCUT2D eigenvalue weighted by Crippen LogP contribution is -1.98. The van der Waals surface area contributed by atoms with Gasteiger partial charge in [-0.05, 0) is 24.1 Å². The summed E-state index contributed by atoms with van der Waals surface area (Å²) in [5, 5.41) is 3.06. The monoisotopic (exact) mass is 197 g/mol. The number of hydrogen-bond donors (Lipinski definition) is 1. The molecule has 1 N–H and O–H groups in total. The third kappa shape index (κ3) is 3.59. The number of anilines is 1. The van der Waals surface area contributed by atoms with E-state index in [1.54, 1.807) is 6.26 Å². The lowest BCUT2D eigenvalue weighted by Gasteiger charge is -2.02. The molecule has 2 nitrogen and oxygen atoms in total. The Morgan fingerprint density at radius 2 is 1.92 bits per heavy atom. The van der Waals surface area contributed by atoms with E-state index in [9.17, 15) is 4.21 Å². The van der Waals surface area contributed by atoms with Crippen LogP contribution in [-0.2, 0) is 17.2 Å². The zero-order valence-corrected chi connectivity index (χ0v) is 8.86. The van der Waals surface area contributed by atoms with Crippen LogP contribution in [0.5, 0.6) is 0 Å². The smallest absolute Gasteiger partial charge is 0.0337 e. The summed E-state index contributed by atoms with van der Waals surface area (Å²) >= 11 is 0. The van der Waals surface area contributed by atoms with Crippen molar-refractivity contribution in [3.8, 4) is 0 Å². The lowest BCUT2D eigenvalue weighted by molar-refractivity contribution is 0.686. The minimum Gasteiger partial charge on any atom is -0.388 e. The van der Waals surface area contributed by atoms with Gasteiger partial charge in [0.05, 0.1) is 0 Å². The molecule has 3 heteroatoms. The van der Waals surface area contributed by atoms with E-state index in [2.05, 4.69) is 17.4 Å². The van der Waals surface area contributed by atoms with Crippen molar-refractivity contribution in [1.82, 2.24) is 0 Å². The molecule has 1 unspecified atom stereocenters. The molecule has 72 valence electrons. The fourth-order valence-electron chi connectivity index (χ4n) is 1.10. The highest BCUT2D eigenvalue weighted by molar-refractivity contribution is 7.84. The van der Waals surface area contributed by atoms with E-state index in [0.29, 0.717) is 0 Å². The molecule has 0 aliphatic heterocycles. The molecule has 0 amide bonds. The van der Waals surface area contributed by atoms with Crippen LogP contribution < -0.4 is 5.32 Å². The Hall–Kier alpha value is -0.830. The second-order valence-electron chi connectivity index (χ2n) is 2.97. The average molecular weight is 197 g/mol. The Bertz CT molecular complexity index is 281. The fourth-order valence-corrected chi connectivity index (χ4v) is 1.62. The fraction of sp³-hybridized carbons (Fsp3) is 0.400. The maximum atomic E-state index is 10.8. The largest absolute Gasteiger partial charge is 0.388 e. The zero-order valence-electron chi connectivity index (χ0n) is 8.04. The normalized spacial score (nSPS) is 12.5. The molecule has 0 aliphatic carbocycles. The van der Waals surface area contributed by atoms with Gasteiger partial charge in [-0.3, -0.25) is 4.21 Å². The van der Waals surface area contributed by atoms with Crippen LogP contribution in [0.2, 0.25) is 0 Å². The molecule has 0 aromatic heterocycles. The van der Waals surface area contributed by atoms with Crippen LogP contribution in [0.25, 0.3) is 0 Å². The van der Waals surface area contributed by atoms with E-state index < -0.39 is 10.8 Å². The van der Waals surface area contributed by atoms with Crippen molar-refractivity contribution in [3.63, 3.8) is 0 Å². The van der Waals surface area contributed by atoms with Crippen molar-refractivity contribution in [1.29, 1.82) is 0 Å². The minimum atomic E-state index is -0.689. The summed E-state index contributed by atoms with van der Waals surface area (Å²) in [5.41, 5.74) is 2.36. The van der Waals surface area contributed by atoms with Gasteiger partial charge in [0.2, 0.25) is 0 Å². The Labute approximate surface area is 81.8 Å². The maximum Gasteiger partial charge on any atom is 0.0337 e. The van der Waals surface area contributed by atoms with Crippen LogP contribution in [0.15, 0.2) is 24.3 Å². The third-order valence-electron chi connectivity index (χ3n) is 1.92. The molecule has 1 rings (SSSR count). The highest BCUT2D eigenvalue weighted by atomic mass is 32.2. The van der Waals surface area contributed by atoms with Crippen molar-refractivity contribution >= 4 is 16.5 Å². The van der Waals surface area contributed by atoms with Gasteiger partial charge in [-0.2, -0.15) is 0 Å². The van der Waals surface area contributed by atoms with Crippen LogP contribution in [-0.4, -0.2) is 23.3 Å². The third-order valence-corrected chi connectivity index (χ3v) is 2.70. The average Bonchev–Trinajstić information content (AvgIpc) is 2.15. The molecule has 0 aliphatic rings. The van der Waals surface area contributed by atoms with Crippen molar-refractivity contribution in [3.05, 3.63) is 29.8 Å². The Balaban J connectivity index is 2.54. The highest BCUT2D eigenvalue weighted by Crippen LogP contribution is 2.08. The topological polar surface area (TPSA) is 29.1 Å². The standard InChI is InChI=1S/C10H15NOS/c1-11-10-5-3-9(4-6-10)7-8-13(2)12/h3-6,11H,7-8H2,1-2H3. The molecule has 0 saturated heterocycles. The SMILES string of the molecule is CNc1ccc(CCS(C)=O)cc1. The number of aryl methyl sites for hydroxylation is 1. The number of nitrogens with one attached hydrogen (secondary N) is 1. The van der Waals surface area contributed by atoms with E-state index >= 15 is 0 Å². The molecule has 1 atom stereocenters. The number of benzene rings is 1. The molecular weight excluding hydrogens is 182 g/mol. The first-order valence-corrected chi connectivity index (χ1v) is 6.02. The summed E-state index contributed by atoms with van der Waals surface area (Å²) < 4.78 is 10.8. The molecule has 0 bridgehead atoms. The molecular formula is C10H15NOS. The van der Waals surface area contributed by atoms with Crippen molar-refractivity contribution in [2.45, 2.75) is 6.42 Å². The number of rotatable bonds is 4. The molecule has 0 heterocycles. The first-order valence-electron chi connectivity index (χ1n) is 4.29. The van der Waals surface area contributed by atoms with E-state index in [1.807, 2.05) is 19.2 Å². The van der Waals surface area contributed by atoms with E-state index in [0.717, 1.165) is 17.9 Å². The van der Waals surface area contributed by atoms with Crippen LogP contribution in [0.3, 0.4) is 0 Å². The Morgan fingerprint density at radius 3 is 2.38 bits per heavy atom. The van der Waals surface area contributed by atoms with E-state index in [4.69, 9.17) is 0 Å². The van der Waals surface area contributed by atoms with Gasteiger partial charge in [0.25, 0.3) is 0 Å². The predicted molar refractivity (Wildman–Crippen MR) is 58.6 cm³/mol. The van der Waals surface area contributed by atoms with Crippen LogP contribution in [0.1, 0.15) is 5.56 Å². The molecule has 0 radical (unpaired) electrons. The summed E-state index contributed by atoms with van der Waals surface area (Å²) in [6.45, 7) is 0. The summed E-state index contributed by atoms with van der Waals surface area (Å²) in [7, 11) is 1.21. The minimum absolute atomic E-state index is 0.689. The van der Waals surface area contributed by atoms with Gasteiger partial charge in [-0.15, -0.1) is 0 Å². The van der Waals surface area contributed by atoms with E-state index in [1.165, 1.54) is 5.56 Å². The number of hydrogen-bond acceptors (Lipinski definition) is 2. The summed E-state index contributed by atoms with van der Waals surface area (Å²) in [6.07, 6.45) is 2.63. The quantitative estimate of drug-likeness (QED) is 0.795. The van der Waals surface area contributed by atoms with Gasteiger partial charge in [0.1, 0.15) is 0 Å². The molecule has 13 heavy (non-hydrogen) atoms. The zero-order chi connectivity index (χ0) is 9.68. The van der Waals surface area contributed by atoms with Gasteiger partial charge in [-0.1, -0.05) is 12.1 Å². The molecule has 1 aromatic carbocycles. The van der Waals surface area contributed by atoms with Gasteiger partial charge < -0.3 is 5.32 Å². The van der Waals surface area contributed by atoms with Crippen molar-refractivity contribution < 1.29 is 4.21 Å². The van der Waals surface area contributed by atoms with Crippen molar-refractivity contribution in [2.24, 2.45) is 0 Å². The summed E-state index contributed by atoms with van der Waals surface area (Å²) in [4.78, 5) is 0. The molecule has 0 spiro atoms. The van der Waals surface area contributed by atoms with Gasteiger partial charge in [0, 0.05) is 35.5 Å². The van der Waals surface area contributed by atoms with Gasteiger partial charge in [0.15, 0.2) is 0 Å². The Morgan fingerprint density at radius 1 is 1.31 bits per heavy atom. The van der Waals surface area contributed by atoms with Gasteiger partial charge in [-0.25, -0.2) is 0 Å². The first-order chi connectivity index (χ1) is 6.22.